The molecule has 0 bridgehead atoms. The highest BCUT2D eigenvalue weighted by atomic mass is 32.1. The zero-order valence-electron chi connectivity index (χ0n) is 20.3. The maximum Gasteiger partial charge on any atom is 0.251 e. The molecule has 184 valence electrons. The highest BCUT2D eigenvalue weighted by molar-refractivity contribution is 7.80. The number of hydrogen-bond donors (Lipinski definition) is 3. The van der Waals surface area contributed by atoms with Crippen molar-refractivity contribution in [2.24, 2.45) is 0 Å². The smallest absolute Gasteiger partial charge is 0.251 e. The Morgan fingerprint density at radius 3 is 2.43 bits per heavy atom. The highest BCUT2D eigenvalue weighted by Gasteiger charge is 2.23. The van der Waals surface area contributed by atoms with Crippen molar-refractivity contribution in [1.82, 2.24) is 19.7 Å². The number of fused-ring (bicyclic) bond motifs is 1. The number of rotatable bonds is 8. The van der Waals surface area contributed by atoms with E-state index in [1.165, 1.54) is 5.56 Å². The van der Waals surface area contributed by atoms with Crippen LogP contribution in [0.2, 0.25) is 0 Å². The lowest BCUT2D eigenvalue weighted by atomic mass is 10.1. The third-order valence-electron chi connectivity index (χ3n) is 6.56. The molecular weight excluding hydrogens is 478 g/mol. The van der Waals surface area contributed by atoms with E-state index in [-0.39, 0.29) is 5.91 Å². The first-order valence-corrected chi connectivity index (χ1v) is 13.0. The lowest BCUT2D eigenvalue weighted by Gasteiger charge is -2.12. The van der Waals surface area contributed by atoms with Crippen molar-refractivity contribution in [2.75, 3.05) is 11.9 Å². The molecule has 1 aliphatic carbocycles. The van der Waals surface area contributed by atoms with Gasteiger partial charge in [0.1, 0.15) is 0 Å². The molecule has 3 aromatic carbocycles. The normalized spacial score (nSPS) is 13.0. The zero-order valence-corrected chi connectivity index (χ0v) is 21.2. The van der Waals surface area contributed by atoms with Gasteiger partial charge in [-0.15, -0.1) is 12.6 Å². The average molecular weight is 506 g/mol. The molecule has 2 N–H and O–H groups in total. The SMILES string of the molecule is O=C(NC1CC1)c1ccc(-c2cnc3c(NCCc4ccc(S)cc4)nc(-c4ccccc4)cn23)cc1. The molecule has 1 saturated carbocycles. The molecule has 6 rings (SSSR count). The van der Waals surface area contributed by atoms with Crippen LogP contribution in [0.15, 0.2) is 96.2 Å². The summed E-state index contributed by atoms with van der Waals surface area (Å²) >= 11 is 4.37. The Hall–Kier alpha value is -4.10. The van der Waals surface area contributed by atoms with Crippen molar-refractivity contribution in [3.05, 3.63) is 102 Å². The van der Waals surface area contributed by atoms with E-state index in [1.54, 1.807) is 0 Å². The van der Waals surface area contributed by atoms with Crippen LogP contribution in [0.1, 0.15) is 28.8 Å². The predicted molar refractivity (Wildman–Crippen MR) is 150 cm³/mol. The number of amides is 1. The molecular formula is C30H27N5OS. The molecule has 0 unspecified atom stereocenters. The van der Waals surface area contributed by atoms with Gasteiger partial charge in [-0.2, -0.15) is 0 Å². The number of carbonyl (C=O) groups excluding carboxylic acids is 1. The molecule has 2 heterocycles. The Labute approximate surface area is 221 Å². The lowest BCUT2D eigenvalue weighted by molar-refractivity contribution is 0.0951. The Morgan fingerprint density at radius 1 is 0.946 bits per heavy atom. The minimum atomic E-state index is -0.0155. The number of nitrogens with one attached hydrogen (secondary N) is 2. The predicted octanol–water partition coefficient (Wildman–Crippen LogP) is 5.90. The molecule has 5 aromatic rings. The summed E-state index contributed by atoms with van der Waals surface area (Å²) in [5.41, 5.74) is 6.48. The van der Waals surface area contributed by atoms with Crippen LogP contribution in [0.5, 0.6) is 0 Å². The summed E-state index contributed by atoms with van der Waals surface area (Å²) in [6.45, 7) is 0.722. The van der Waals surface area contributed by atoms with Gasteiger partial charge in [0.25, 0.3) is 5.91 Å². The number of imidazole rings is 1. The number of aromatic nitrogens is 3. The molecule has 37 heavy (non-hydrogen) atoms. The summed E-state index contributed by atoms with van der Waals surface area (Å²) < 4.78 is 2.08. The van der Waals surface area contributed by atoms with Crippen LogP contribution < -0.4 is 10.6 Å². The molecule has 1 aliphatic rings. The van der Waals surface area contributed by atoms with Gasteiger partial charge in [0.15, 0.2) is 11.5 Å². The Morgan fingerprint density at radius 2 is 1.70 bits per heavy atom. The lowest BCUT2D eigenvalue weighted by Crippen LogP contribution is -2.25. The minimum absolute atomic E-state index is 0.0155. The first kappa shape index (κ1) is 23.3. The standard InChI is InChI=1S/C30H27N5OS/c36-30(33-24-12-13-24)23-10-8-22(9-11-23)27-18-32-29-28(31-17-16-20-6-14-25(37)15-7-20)34-26(19-35(27)29)21-4-2-1-3-5-21/h1-11,14-15,18-19,24,37H,12-13,16-17H2,(H,31,34)(H,33,36). The fourth-order valence-corrected chi connectivity index (χ4v) is 4.49. The number of benzene rings is 3. The first-order chi connectivity index (χ1) is 18.1. The fourth-order valence-electron chi connectivity index (χ4n) is 4.35. The van der Waals surface area contributed by atoms with Crippen LogP contribution in [-0.4, -0.2) is 32.9 Å². The molecule has 1 fully saturated rings. The van der Waals surface area contributed by atoms with Crippen molar-refractivity contribution in [2.45, 2.75) is 30.2 Å². The van der Waals surface area contributed by atoms with Crippen LogP contribution in [-0.2, 0) is 6.42 Å². The summed E-state index contributed by atoms with van der Waals surface area (Å²) in [5.74, 6) is 0.720. The third-order valence-corrected chi connectivity index (χ3v) is 6.86. The molecule has 6 nitrogen and oxygen atoms in total. The first-order valence-electron chi connectivity index (χ1n) is 12.5. The van der Waals surface area contributed by atoms with Gasteiger partial charge in [0, 0.05) is 40.4 Å². The van der Waals surface area contributed by atoms with Crippen LogP contribution in [0, 0.1) is 0 Å². The third kappa shape index (κ3) is 5.22. The number of thiol groups is 1. The molecule has 0 spiro atoms. The fraction of sp³-hybridized carbons (Fsp3) is 0.167. The van der Waals surface area contributed by atoms with Gasteiger partial charge in [-0.1, -0.05) is 54.6 Å². The summed E-state index contributed by atoms with van der Waals surface area (Å²) in [6.07, 6.45) is 6.89. The van der Waals surface area contributed by atoms with Crippen molar-refractivity contribution in [3.63, 3.8) is 0 Å². The Balaban J connectivity index is 1.32. The summed E-state index contributed by atoms with van der Waals surface area (Å²) in [5, 5.41) is 6.55. The van der Waals surface area contributed by atoms with Gasteiger partial charge < -0.3 is 10.6 Å². The Bertz CT molecular complexity index is 1540. The van der Waals surface area contributed by atoms with Crippen LogP contribution in [0.3, 0.4) is 0 Å². The summed E-state index contributed by atoms with van der Waals surface area (Å²) in [7, 11) is 0. The monoisotopic (exact) mass is 505 g/mol. The summed E-state index contributed by atoms with van der Waals surface area (Å²) in [6, 6.07) is 26.4. The number of hydrogen-bond acceptors (Lipinski definition) is 5. The quantitative estimate of drug-likeness (QED) is 0.230. The second kappa shape index (κ2) is 10.1. The minimum Gasteiger partial charge on any atom is -0.367 e. The van der Waals surface area contributed by atoms with Gasteiger partial charge in [-0.25, -0.2) is 9.97 Å². The van der Waals surface area contributed by atoms with E-state index in [1.807, 2.05) is 67.0 Å². The maximum absolute atomic E-state index is 12.4. The van der Waals surface area contributed by atoms with Crippen LogP contribution >= 0.6 is 12.6 Å². The van der Waals surface area contributed by atoms with Crippen molar-refractivity contribution in [1.29, 1.82) is 0 Å². The number of anilines is 1. The van der Waals surface area contributed by atoms with Crippen LogP contribution in [0.4, 0.5) is 5.82 Å². The van der Waals surface area contributed by atoms with E-state index in [2.05, 4.69) is 51.9 Å². The van der Waals surface area contributed by atoms with Crippen molar-refractivity contribution in [3.8, 4) is 22.5 Å². The van der Waals surface area contributed by atoms with Gasteiger partial charge >= 0.3 is 0 Å². The van der Waals surface area contributed by atoms with Gasteiger partial charge in [-0.05, 0) is 49.1 Å². The summed E-state index contributed by atoms with van der Waals surface area (Å²) in [4.78, 5) is 23.0. The second-order valence-electron chi connectivity index (χ2n) is 9.35. The number of carbonyl (C=O) groups is 1. The zero-order chi connectivity index (χ0) is 25.2. The molecule has 0 atom stereocenters. The average Bonchev–Trinajstić information content (AvgIpc) is 3.65. The van der Waals surface area contributed by atoms with Crippen molar-refractivity contribution >= 4 is 30.0 Å². The second-order valence-corrected chi connectivity index (χ2v) is 9.86. The molecule has 0 radical (unpaired) electrons. The highest BCUT2D eigenvalue weighted by Crippen LogP contribution is 2.28. The number of nitrogens with zero attached hydrogens (tertiary/aromatic N) is 3. The molecule has 2 aromatic heterocycles. The van der Waals surface area contributed by atoms with E-state index in [9.17, 15) is 4.79 Å². The van der Waals surface area contributed by atoms with Gasteiger partial charge in [-0.3, -0.25) is 9.20 Å². The van der Waals surface area contributed by atoms with Crippen molar-refractivity contribution < 1.29 is 4.79 Å². The van der Waals surface area contributed by atoms with E-state index >= 15 is 0 Å². The maximum atomic E-state index is 12.4. The molecule has 1 amide bonds. The Kier molecular flexibility index (Phi) is 6.37. The largest absolute Gasteiger partial charge is 0.367 e. The van der Waals surface area contributed by atoms with Gasteiger partial charge in [0.05, 0.1) is 17.6 Å². The van der Waals surface area contributed by atoms with Gasteiger partial charge in [0.2, 0.25) is 0 Å². The molecule has 7 heteroatoms. The van der Waals surface area contributed by atoms with E-state index < -0.39 is 0 Å². The molecule has 0 aliphatic heterocycles. The topological polar surface area (TPSA) is 71.3 Å². The molecule has 0 saturated heterocycles. The van der Waals surface area contributed by atoms with Crippen LogP contribution in [0.25, 0.3) is 28.2 Å². The van der Waals surface area contributed by atoms with E-state index in [4.69, 9.17) is 9.97 Å². The van der Waals surface area contributed by atoms with E-state index in [0.717, 1.165) is 64.7 Å². The van der Waals surface area contributed by atoms with E-state index in [0.29, 0.717) is 11.6 Å².